The Labute approximate surface area is 91.3 Å². The van der Waals surface area contributed by atoms with Crippen LogP contribution in [0.25, 0.3) is 0 Å². The molecule has 1 aliphatic rings. The number of hydrogen-bond acceptors (Lipinski definition) is 1. The van der Waals surface area contributed by atoms with Crippen molar-refractivity contribution in [1.29, 1.82) is 0 Å². The summed E-state index contributed by atoms with van der Waals surface area (Å²) in [5.41, 5.74) is 0.185. The minimum absolute atomic E-state index is 0.0109. The summed E-state index contributed by atoms with van der Waals surface area (Å²) in [6, 6.07) is 5.09. The van der Waals surface area contributed by atoms with E-state index in [1.54, 1.807) is 0 Å². The van der Waals surface area contributed by atoms with Gasteiger partial charge >= 0.3 is 6.18 Å². The molecular formula is C12H11F3O. The average Bonchev–Trinajstić information content (AvgIpc) is 2.96. The van der Waals surface area contributed by atoms with Crippen molar-refractivity contribution in [3.05, 3.63) is 35.4 Å². The third-order valence-electron chi connectivity index (χ3n) is 2.98. The van der Waals surface area contributed by atoms with Gasteiger partial charge in [0.05, 0.1) is 5.56 Å². The third-order valence-corrected chi connectivity index (χ3v) is 2.98. The normalized spacial score (nSPS) is 24.2. The van der Waals surface area contributed by atoms with Gasteiger partial charge in [-0.2, -0.15) is 13.2 Å². The smallest absolute Gasteiger partial charge is 0.300 e. The van der Waals surface area contributed by atoms with Gasteiger partial charge in [-0.1, -0.05) is 12.1 Å². The second kappa shape index (κ2) is 3.61. The molecule has 4 heteroatoms. The van der Waals surface area contributed by atoms with Crippen LogP contribution in [0.3, 0.4) is 0 Å². The van der Waals surface area contributed by atoms with Crippen molar-refractivity contribution < 1.29 is 18.0 Å². The Morgan fingerprint density at radius 1 is 1.25 bits per heavy atom. The van der Waals surface area contributed by atoms with Crippen LogP contribution in [-0.4, -0.2) is 5.78 Å². The molecule has 1 aliphatic carbocycles. The Kier molecular flexibility index (Phi) is 2.52. The molecule has 0 amide bonds. The lowest BCUT2D eigenvalue weighted by atomic mass is 10.1. The van der Waals surface area contributed by atoms with E-state index in [4.69, 9.17) is 0 Å². The van der Waals surface area contributed by atoms with Gasteiger partial charge in [-0.05, 0) is 37.0 Å². The fourth-order valence-electron chi connectivity index (χ4n) is 1.93. The van der Waals surface area contributed by atoms with Crippen molar-refractivity contribution in [3.63, 3.8) is 0 Å². The standard InChI is InChI=1S/C12H11F3O/c1-7(16)10-6-11(10)8-2-4-9(5-3-8)12(13,14)15/h2-5,10-11H,6H2,1H3/t10-,11-/m0/s1. The predicted molar refractivity (Wildman–Crippen MR) is 53.0 cm³/mol. The molecule has 0 saturated heterocycles. The van der Waals surface area contributed by atoms with Gasteiger partial charge in [-0.15, -0.1) is 0 Å². The molecule has 86 valence electrons. The van der Waals surface area contributed by atoms with Gasteiger partial charge in [0.15, 0.2) is 0 Å². The van der Waals surface area contributed by atoms with Crippen LogP contribution >= 0.6 is 0 Å². The number of carbonyl (C=O) groups is 1. The maximum Gasteiger partial charge on any atom is 0.416 e. The zero-order valence-electron chi connectivity index (χ0n) is 8.71. The van der Waals surface area contributed by atoms with Gasteiger partial charge in [0.25, 0.3) is 0 Å². The number of ketones is 1. The molecular weight excluding hydrogens is 217 g/mol. The summed E-state index contributed by atoms with van der Waals surface area (Å²) in [5, 5.41) is 0. The summed E-state index contributed by atoms with van der Waals surface area (Å²) < 4.78 is 36.9. The summed E-state index contributed by atoms with van der Waals surface area (Å²) in [6.07, 6.45) is -3.53. The van der Waals surface area contributed by atoms with Crippen molar-refractivity contribution in [3.8, 4) is 0 Å². The number of benzene rings is 1. The van der Waals surface area contributed by atoms with Crippen molar-refractivity contribution in [2.45, 2.75) is 25.4 Å². The molecule has 0 aliphatic heterocycles. The highest BCUT2D eigenvalue weighted by atomic mass is 19.4. The van der Waals surface area contributed by atoms with Gasteiger partial charge in [-0.3, -0.25) is 4.79 Å². The molecule has 2 rings (SSSR count). The molecule has 1 nitrogen and oxygen atoms in total. The Balaban J connectivity index is 2.13. The lowest BCUT2D eigenvalue weighted by Gasteiger charge is -2.07. The van der Waals surface area contributed by atoms with E-state index in [1.807, 2.05) is 0 Å². The SMILES string of the molecule is CC(=O)[C@@H]1C[C@H]1c1ccc(C(F)(F)F)cc1. The van der Waals surface area contributed by atoms with Crippen molar-refractivity contribution in [1.82, 2.24) is 0 Å². The molecule has 1 aromatic rings. The predicted octanol–water partition coefficient (Wildman–Crippen LogP) is 3.40. The number of rotatable bonds is 2. The second-order valence-corrected chi connectivity index (χ2v) is 4.18. The van der Waals surface area contributed by atoms with Gasteiger partial charge in [0.2, 0.25) is 0 Å². The van der Waals surface area contributed by atoms with Gasteiger partial charge < -0.3 is 0 Å². The highest BCUT2D eigenvalue weighted by molar-refractivity contribution is 5.82. The highest BCUT2D eigenvalue weighted by Gasteiger charge is 2.42. The molecule has 0 radical (unpaired) electrons. The van der Waals surface area contributed by atoms with Crippen LogP contribution < -0.4 is 0 Å². The zero-order valence-corrected chi connectivity index (χ0v) is 8.71. The Morgan fingerprint density at radius 3 is 2.19 bits per heavy atom. The lowest BCUT2D eigenvalue weighted by molar-refractivity contribution is -0.137. The molecule has 2 atom stereocenters. The van der Waals surface area contributed by atoms with Crippen molar-refractivity contribution >= 4 is 5.78 Å². The first-order chi connectivity index (χ1) is 7.39. The Bertz CT molecular complexity index is 405. The van der Waals surface area contributed by atoms with Crippen LogP contribution in [0.4, 0.5) is 13.2 Å². The van der Waals surface area contributed by atoms with E-state index in [1.165, 1.54) is 19.1 Å². The summed E-state index contributed by atoms with van der Waals surface area (Å²) in [7, 11) is 0. The number of carbonyl (C=O) groups excluding carboxylic acids is 1. The minimum atomic E-state index is -4.29. The van der Waals surface area contributed by atoms with Crippen LogP contribution in [-0.2, 0) is 11.0 Å². The monoisotopic (exact) mass is 228 g/mol. The maximum absolute atomic E-state index is 12.3. The molecule has 0 N–H and O–H groups in total. The zero-order chi connectivity index (χ0) is 11.9. The van der Waals surface area contributed by atoms with Crippen molar-refractivity contribution in [2.75, 3.05) is 0 Å². The topological polar surface area (TPSA) is 17.1 Å². The van der Waals surface area contributed by atoms with Gasteiger partial charge in [-0.25, -0.2) is 0 Å². The average molecular weight is 228 g/mol. The van der Waals surface area contributed by atoms with E-state index in [0.29, 0.717) is 0 Å². The summed E-state index contributed by atoms with van der Waals surface area (Å²) >= 11 is 0. The second-order valence-electron chi connectivity index (χ2n) is 4.18. The fraction of sp³-hybridized carbons (Fsp3) is 0.417. The third kappa shape index (κ3) is 2.10. The van der Waals surface area contributed by atoms with Crippen LogP contribution in [0.2, 0.25) is 0 Å². The highest BCUT2D eigenvalue weighted by Crippen LogP contribution is 2.48. The van der Waals surface area contributed by atoms with E-state index in [-0.39, 0.29) is 17.6 Å². The summed E-state index contributed by atoms with van der Waals surface area (Å²) in [5.74, 6) is 0.251. The molecule has 0 aromatic heterocycles. The van der Waals surface area contributed by atoms with Crippen molar-refractivity contribution in [2.24, 2.45) is 5.92 Å². The van der Waals surface area contributed by atoms with Gasteiger partial charge in [0, 0.05) is 5.92 Å². The van der Waals surface area contributed by atoms with Crippen LogP contribution in [0.5, 0.6) is 0 Å². The molecule has 0 bridgehead atoms. The first-order valence-corrected chi connectivity index (χ1v) is 5.07. The Hall–Kier alpha value is -1.32. The summed E-state index contributed by atoms with van der Waals surface area (Å²) in [4.78, 5) is 11.0. The quantitative estimate of drug-likeness (QED) is 0.758. The van der Waals surface area contributed by atoms with Crippen LogP contribution in [0, 0.1) is 5.92 Å². The lowest BCUT2D eigenvalue weighted by Crippen LogP contribution is -2.04. The molecule has 1 fully saturated rings. The largest absolute Gasteiger partial charge is 0.416 e. The first kappa shape index (κ1) is 11.2. The van der Waals surface area contributed by atoms with E-state index in [9.17, 15) is 18.0 Å². The number of Topliss-reactive ketones (excluding diaryl/α,β-unsaturated/α-hetero) is 1. The molecule has 0 unspecified atom stereocenters. The van der Waals surface area contributed by atoms with Gasteiger partial charge in [0.1, 0.15) is 5.78 Å². The van der Waals surface area contributed by atoms with Crippen LogP contribution in [0.15, 0.2) is 24.3 Å². The minimum Gasteiger partial charge on any atom is -0.300 e. The first-order valence-electron chi connectivity index (χ1n) is 5.07. The number of hydrogen-bond donors (Lipinski definition) is 0. The van der Waals surface area contributed by atoms with E-state index in [0.717, 1.165) is 24.1 Å². The maximum atomic E-state index is 12.3. The molecule has 1 aromatic carbocycles. The Morgan fingerprint density at radius 2 is 1.81 bits per heavy atom. The number of alkyl halides is 3. The fourth-order valence-corrected chi connectivity index (χ4v) is 1.93. The number of halogens is 3. The van der Waals surface area contributed by atoms with E-state index >= 15 is 0 Å². The summed E-state index contributed by atoms with van der Waals surface area (Å²) in [6.45, 7) is 1.52. The molecule has 0 heterocycles. The molecule has 16 heavy (non-hydrogen) atoms. The van der Waals surface area contributed by atoms with E-state index < -0.39 is 11.7 Å². The van der Waals surface area contributed by atoms with E-state index in [2.05, 4.69) is 0 Å². The van der Waals surface area contributed by atoms with Crippen LogP contribution in [0.1, 0.15) is 30.4 Å². The molecule has 1 saturated carbocycles. The molecule has 0 spiro atoms.